The number of aromatic amines is 1. The summed E-state index contributed by atoms with van der Waals surface area (Å²) in [4.78, 5) is 4.21. The first-order valence-electron chi connectivity index (χ1n) is 4.74. The number of hydrogen-bond donors (Lipinski definition) is 2. The topological polar surface area (TPSA) is 27.8 Å². The molecule has 0 saturated carbocycles. The van der Waals surface area contributed by atoms with Crippen molar-refractivity contribution in [3.8, 4) is 0 Å². The van der Waals surface area contributed by atoms with Crippen LogP contribution in [0.2, 0.25) is 0 Å². The summed E-state index contributed by atoms with van der Waals surface area (Å²) in [5, 5.41) is 4.51. The molecule has 1 aromatic heterocycles. The zero-order chi connectivity index (χ0) is 9.54. The van der Waals surface area contributed by atoms with Crippen LogP contribution in [0.15, 0.2) is 24.3 Å². The van der Waals surface area contributed by atoms with Crippen LogP contribution < -0.4 is 5.32 Å². The van der Waals surface area contributed by atoms with E-state index in [0.717, 1.165) is 23.6 Å². The number of para-hydroxylation sites is 1. The molecule has 0 atom stereocenters. The molecule has 0 saturated heterocycles. The van der Waals surface area contributed by atoms with Crippen molar-refractivity contribution < 1.29 is 0 Å². The summed E-state index contributed by atoms with van der Waals surface area (Å²) in [6, 6.07) is 8.36. The van der Waals surface area contributed by atoms with Crippen LogP contribution in [0.4, 0.5) is 0 Å². The Morgan fingerprint density at radius 1 is 1.21 bits per heavy atom. The minimum absolute atomic E-state index is 0.849. The summed E-state index contributed by atoms with van der Waals surface area (Å²) in [5.41, 5.74) is 3.65. The predicted molar refractivity (Wildman–Crippen MR) is 61.7 cm³/mol. The van der Waals surface area contributed by atoms with Gasteiger partial charge in [-0.3, -0.25) is 0 Å². The average Bonchev–Trinajstić information content (AvgIpc) is 2.59. The summed E-state index contributed by atoms with van der Waals surface area (Å²) in [5.74, 6) is 0. The Kier molecular flexibility index (Phi) is 1.61. The van der Waals surface area contributed by atoms with Gasteiger partial charge in [0.2, 0.25) is 0 Å². The van der Waals surface area contributed by atoms with E-state index in [1.807, 2.05) is 6.07 Å². The number of rotatable bonds is 0. The molecule has 2 N–H and O–H groups in total. The van der Waals surface area contributed by atoms with Gasteiger partial charge in [0.25, 0.3) is 0 Å². The first-order chi connectivity index (χ1) is 6.86. The summed E-state index contributed by atoms with van der Waals surface area (Å²) < 4.78 is 0. The number of hydrogen-bond acceptors (Lipinski definition) is 1. The standard InChI is InChI=1S/C11H10N2S/c14-11-10-8(5-6-12-11)7-3-1-2-4-9(7)13-10/h1-4,13H,5-6H2,(H,12,14). The van der Waals surface area contributed by atoms with Gasteiger partial charge >= 0.3 is 0 Å². The highest BCUT2D eigenvalue weighted by molar-refractivity contribution is 7.80. The van der Waals surface area contributed by atoms with E-state index in [1.54, 1.807) is 0 Å². The molecular weight excluding hydrogens is 192 g/mol. The van der Waals surface area contributed by atoms with Gasteiger partial charge in [-0.2, -0.15) is 0 Å². The van der Waals surface area contributed by atoms with Gasteiger partial charge < -0.3 is 10.3 Å². The number of nitrogens with one attached hydrogen (secondary N) is 2. The molecule has 0 fully saturated rings. The molecule has 2 nitrogen and oxygen atoms in total. The maximum atomic E-state index is 5.26. The fourth-order valence-corrected chi connectivity index (χ4v) is 2.32. The number of fused-ring (bicyclic) bond motifs is 3. The Morgan fingerprint density at radius 3 is 3.00 bits per heavy atom. The Hall–Kier alpha value is -1.35. The Bertz CT molecular complexity index is 513. The molecule has 0 aliphatic carbocycles. The Labute approximate surface area is 87.3 Å². The lowest BCUT2D eigenvalue weighted by molar-refractivity contribution is 0.850. The summed E-state index contributed by atoms with van der Waals surface area (Å²) in [7, 11) is 0. The maximum absolute atomic E-state index is 5.26. The SMILES string of the molecule is S=C1NCCc2c1[nH]c1ccccc21. The lowest BCUT2D eigenvalue weighted by atomic mass is 10.1. The van der Waals surface area contributed by atoms with Crippen molar-refractivity contribution in [3.63, 3.8) is 0 Å². The van der Waals surface area contributed by atoms with Gasteiger partial charge in [-0.15, -0.1) is 0 Å². The van der Waals surface area contributed by atoms with E-state index >= 15 is 0 Å². The predicted octanol–water partition coefficient (Wildman–Crippen LogP) is 1.99. The largest absolute Gasteiger partial charge is 0.374 e. The van der Waals surface area contributed by atoms with Crippen LogP contribution in [0.3, 0.4) is 0 Å². The third-order valence-electron chi connectivity index (χ3n) is 2.70. The highest BCUT2D eigenvalue weighted by Gasteiger charge is 2.17. The molecule has 1 aliphatic rings. The van der Waals surface area contributed by atoms with Gasteiger partial charge in [0.15, 0.2) is 0 Å². The van der Waals surface area contributed by atoms with Gasteiger partial charge in [-0.05, 0) is 18.1 Å². The van der Waals surface area contributed by atoms with Gasteiger partial charge in [-0.25, -0.2) is 0 Å². The Morgan fingerprint density at radius 2 is 2.07 bits per heavy atom. The molecule has 1 aliphatic heterocycles. The molecule has 70 valence electrons. The first-order valence-corrected chi connectivity index (χ1v) is 5.15. The molecule has 0 radical (unpaired) electrons. The zero-order valence-electron chi connectivity index (χ0n) is 7.63. The van der Waals surface area contributed by atoms with Crippen LogP contribution in [0.1, 0.15) is 11.3 Å². The minimum atomic E-state index is 0.849. The molecule has 0 bridgehead atoms. The molecular formula is C11H10N2S. The third-order valence-corrected chi connectivity index (χ3v) is 3.05. The molecule has 2 aromatic rings. The van der Waals surface area contributed by atoms with Gasteiger partial charge in [0.05, 0.1) is 5.69 Å². The van der Waals surface area contributed by atoms with Crippen LogP contribution in [0.5, 0.6) is 0 Å². The zero-order valence-corrected chi connectivity index (χ0v) is 8.45. The van der Waals surface area contributed by atoms with Crippen molar-refractivity contribution in [1.82, 2.24) is 10.3 Å². The highest BCUT2D eigenvalue weighted by atomic mass is 32.1. The molecule has 2 heterocycles. The number of H-pyrrole nitrogens is 1. The summed E-state index contributed by atoms with van der Waals surface area (Å²) in [6.07, 6.45) is 1.06. The average molecular weight is 202 g/mol. The van der Waals surface area contributed by atoms with Crippen LogP contribution >= 0.6 is 12.2 Å². The normalized spacial score (nSPS) is 15.3. The van der Waals surface area contributed by atoms with Gasteiger partial charge in [0.1, 0.15) is 4.99 Å². The van der Waals surface area contributed by atoms with Crippen LogP contribution in [0, 0.1) is 0 Å². The molecule has 0 amide bonds. The second kappa shape index (κ2) is 2.82. The van der Waals surface area contributed by atoms with Crippen LogP contribution in [0.25, 0.3) is 10.9 Å². The van der Waals surface area contributed by atoms with Crippen LogP contribution in [-0.2, 0) is 6.42 Å². The van der Waals surface area contributed by atoms with E-state index in [4.69, 9.17) is 12.2 Å². The van der Waals surface area contributed by atoms with Gasteiger partial charge in [-0.1, -0.05) is 30.4 Å². The van der Waals surface area contributed by atoms with Crippen molar-refractivity contribution in [2.24, 2.45) is 0 Å². The lowest BCUT2D eigenvalue weighted by Crippen LogP contribution is -2.30. The van der Waals surface area contributed by atoms with Crippen molar-refractivity contribution >= 4 is 28.1 Å². The fraction of sp³-hybridized carbons (Fsp3) is 0.182. The minimum Gasteiger partial charge on any atom is -0.374 e. The van der Waals surface area contributed by atoms with E-state index in [0.29, 0.717) is 0 Å². The summed E-state index contributed by atoms with van der Waals surface area (Å²) in [6.45, 7) is 0.952. The van der Waals surface area contributed by atoms with Gasteiger partial charge in [0, 0.05) is 17.4 Å². The van der Waals surface area contributed by atoms with Crippen molar-refractivity contribution in [3.05, 3.63) is 35.5 Å². The van der Waals surface area contributed by atoms with Crippen molar-refractivity contribution in [1.29, 1.82) is 0 Å². The number of benzene rings is 1. The third kappa shape index (κ3) is 0.990. The summed E-state index contributed by atoms with van der Waals surface area (Å²) >= 11 is 5.26. The monoisotopic (exact) mass is 202 g/mol. The number of thiocarbonyl (C=S) groups is 1. The van der Waals surface area contributed by atoms with Crippen LogP contribution in [-0.4, -0.2) is 16.5 Å². The molecule has 14 heavy (non-hydrogen) atoms. The van der Waals surface area contributed by atoms with E-state index in [1.165, 1.54) is 16.5 Å². The molecule has 0 spiro atoms. The second-order valence-corrected chi connectivity index (χ2v) is 3.94. The number of aromatic nitrogens is 1. The van der Waals surface area contributed by atoms with Crippen molar-refractivity contribution in [2.75, 3.05) is 6.54 Å². The lowest BCUT2D eigenvalue weighted by Gasteiger charge is -2.14. The molecule has 3 heteroatoms. The highest BCUT2D eigenvalue weighted by Crippen LogP contribution is 2.24. The smallest absolute Gasteiger partial charge is 0.123 e. The Balaban J connectivity index is 2.38. The fourth-order valence-electron chi connectivity index (χ4n) is 2.04. The molecule has 3 rings (SSSR count). The molecule has 0 unspecified atom stereocenters. The van der Waals surface area contributed by atoms with E-state index in [2.05, 4.69) is 28.5 Å². The maximum Gasteiger partial charge on any atom is 0.123 e. The van der Waals surface area contributed by atoms with E-state index in [9.17, 15) is 0 Å². The first kappa shape index (κ1) is 8.00. The van der Waals surface area contributed by atoms with E-state index in [-0.39, 0.29) is 0 Å². The quantitative estimate of drug-likeness (QED) is 0.639. The van der Waals surface area contributed by atoms with Crippen molar-refractivity contribution in [2.45, 2.75) is 6.42 Å². The van der Waals surface area contributed by atoms with E-state index < -0.39 is 0 Å². The second-order valence-electron chi connectivity index (χ2n) is 3.53. The molecule has 1 aromatic carbocycles.